The Labute approximate surface area is 151 Å². The average molecular weight is 356 g/mol. The number of aromatic hydroxyl groups is 1. The van der Waals surface area contributed by atoms with Crippen LogP contribution in [0.3, 0.4) is 0 Å². The van der Waals surface area contributed by atoms with Crippen molar-refractivity contribution in [1.82, 2.24) is 0 Å². The van der Waals surface area contributed by atoms with Gasteiger partial charge >= 0.3 is 11.9 Å². The number of hydrogen-bond acceptors (Lipinski definition) is 6. The molecule has 0 unspecified atom stereocenters. The lowest BCUT2D eigenvalue weighted by atomic mass is 10.0. The standard InChI is InChI=1S/C20H20O6/c1-13(11-14-7-6-9-16(18(14)21)20(23)25-3)12-26-17-10-5-4-8-15(17)19(22)24-2/h4-10,21H,1,11-12H2,2-3H3. The van der Waals surface area contributed by atoms with Crippen molar-refractivity contribution < 1.29 is 28.9 Å². The van der Waals surface area contributed by atoms with Gasteiger partial charge in [-0.1, -0.05) is 30.8 Å². The Morgan fingerprint density at radius 1 is 0.962 bits per heavy atom. The topological polar surface area (TPSA) is 82.1 Å². The Morgan fingerprint density at radius 2 is 1.58 bits per heavy atom. The maximum atomic E-state index is 11.7. The van der Waals surface area contributed by atoms with E-state index in [0.717, 1.165) is 0 Å². The van der Waals surface area contributed by atoms with Gasteiger partial charge in [-0.05, 0) is 29.3 Å². The van der Waals surface area contributed by atoms with Crippen molar-refractivity contribution in [2.75, 3.05) is 20.8 Å². The van der Waals surface area contributed by atoms with Crippen LogP contribution in [0.15, 0.2) is 54.6 Å². The Bertz CT molecular complexity index is 825. The zero-order valence-electron chi connectivity index (χ0n) is 14.7. The Hall–Kier alpha value is -3.28. The smallest absolute Gasteiger partial charge is 0.341 e. The molecule has 0 aromatic heterocycles. The van der Waals surface area contributed by atoms with Gasteiger partial charge in [0, 0.05) is 6.42 Å². The fraction of sp³-hybridized carbons (Fsp3) is 0.200. The highest BCUT2D eigenvalue weighted by atomic mass is 16.5. The van der Waals surface area contributed by atoms with Crippen LogP contribution in [0.2, 0.25) is 0 Å². The molecule has 0 fully saturated rings. The van der Waals surface area contributed by atoms with E-state index in [9.17, 15) is 14.7 Å². The van der Waals surface area contributed by atoms with Crippen LogP contribution in [0.5, 0.6) is 11.5 Å². The Morgan fingerprint density at radius 3 is 2.27 bits per heavy atom. The fourth-order valence-electron chi connectivity index (χ4n) is 2.38. The van der Waals surface area contributed by atoms with Crippen LogP contribution in [0, 0.1) is 0 Å². The molecule has 0 aliphatic rings. The van der Waals surface area contributed by atoms with Gasteiger partial charge in [-0.25, -0.2) is 9.59 Å². The molecule has 0 heterocycles. The summed E-state index contributed by atoms with van der Waals surface area (Å²) in [4.78, 5) is 23.4. The third kappa shape index (κ3) is 4.42. The second kappa shape index (κ2) is 8.71. The van der Waals surface area contributed by atoms with Crippen molar-refractivity contribution in [3.63, 3.8) is 0 Å². The average Bonchev–Trinajstić information content (AvgIpc) is 2.67. The van der Waals surface area contributed by atoms with Crippen molar-refractivity contribution in [2.45, 2.75) is 6.42 Å². The number of carbonyl (C=O) groups is 2. The summed E-state index contributed by atoms with van der Waals surface area (Å²) in [6.45, 7) is 4.06. The van der Waals surface area contributed by atoms with E-state index in [4.69, 9.17) is 9.47 Å². The number of carbonyl (C=O) groups excluding carboxylic acids is 2. The number of esters is 2. The highest BCUT2D eigenvalue weighted by Gasteiger charge is 2.16. The van der Waals surface area contributed by atoms with E-state index >= 15 is 0 Å². The molecule has 0 saturated carbocycles. The molecule has 0 radical (unpaired) electrons. The number of ether oxygens (including phenoxy) is 3. The molecule has 1 N–H and O–H groups in total. The Balaban J connectivity index is 2.07. The van der Waals surface area contributed by atoms with Gasteiger partial charge < -0.3 is 19.3 Å². The third-order valence-corrected chi connectivity index (χ3v) is 3.69. The Kier molecular flexibility index (Phi) is 6.38. The molecule has 0 aliphatic carbocycles. The summed E-state index contributed by atoms with van der Waals surface area (Å²) in [5, 5.41) is 10.2. The summed E-state index contributed by atoms with van der Waals surface area (Å²) in [5.41, 5.74) is 1.60. The molecule has 0 saturated heterocycles. The molecule has 2 aromatic carbocycles. The predicted octanol–water partition coefficient (Wildman–Crippen LogP) is 3.14. The van der Waals surface area contributed by atoms with Crippen molar-refractivity contribution in [1.29, 1.82) is 0 Å². The molecule has 26 heavy (non-hydrogen) atoms. The second-order valence-electron chi connectivity index (χ2n) is 5.51. The van der Waals surface area contributed by atoms with Gasteiger partial charge in [-0.15, -0.1) is 0 Å². The van der Waals surface area contributed by atoms with E-state index in [0.29, 0.717) is 28.9 Å². The maximum absolute atomic E-state index is 11.7. The van der Waals surface area contributed by atoms with Gasteiger partial charge in [0.1, 0.15) is 29.2 Å². The number of hydrogen-bond donors (Lipinski definition) is 1. The van der Waals surface area contributed by atoms with Crippen LogP contribution in [-0.2, 0) is 15.9 Å². The van der Waals surface area contributed by atoms with Crippen molar-refractivity contribution in [3.05, 3.63) is 71.3 Å². The monoisotopic (exact) mass is 356 g/mol. The van der Waals surface area contributed by atoms with Gasteiger partial charge in [-0.2, -0.15) is 0 Å². The molecule has 0 bridgehead atoms. The molecule has 0 spiro atoms. The first-order valence-electron chi connectivity index (χ1n) is 7.83. The van der Waals surface area contributed by atoms with Crippen LogP contribution in [0.4, 0.5) is 0 Å². The summed E-state index contributed by atoms with van der Waals surface area (Å²) in [7, 11) is 2.55. The number of benzene rings is 2. The largest absolute Gasteiger partial charge is 0.507 e. The molecular weight excluding hydrogens is 336 g/mol. The van der Waals surface area contributed by atoms with Crippen LogP contribution in [0.25, 0.3) is 0 Å². The minimum atomic E-state index is -0.613. The van der Waals surface area contributed by atoms with Gasteiger partial charge in [0.25, 0.3) is 0 Å². The second-order valence-corrected chi connectivity index (χ2v) is 5.51. The van der Waals surface area contributed by atoms with E-state index in [1.807, 2.05) is 0 Å². The van der Waals surface area contributed by atoms with Crippen LogP contribution < -0.4 is 4.74 Å². The van der Waals surface area contributed by atoms with E-state index in [1.54, 1.807) is 36.4 Å². The molecule has 6 heteroatoms. The molecule has 0 atom stereocenters. The van der Waals surface area contributed by atoms with Crippen molar-refractivity contribution in [2.24, 2.45) is 0 Å². The zero-order chi connectivity index (χ0) is 19.1. The third-order valence-electron chi connectivity index (χ3n) is 3.69. The maximum Gasteiger partial charge on any atom is 0.341 e. The summed E-state index contributed by atoms with van der Waals surface area (Å²) in [6, 6.07) is 11.6. The van der Waals surface area contributed by atoms with Gasteiger partial charge in [0.2, 0.25) is 0 Å². The number of rotatable bonds is 7. The summed E-state index contributed by atoms with van der Waals surface area (Å²) in [5.74, 6) is -0.864. The summed E-state index contributed by atoms with van der Waals surface area (Å²) < 4.78 is 15.0. The molecule has 6 nitrogen and oxygen atoms in total. The molecular formula is C20H20O6. The zero-order valence-corrected chi connectivity index (χ0v) is 14.7. The van der Waals surface area contributed by atoms with Gasteiger partial charge in [0.05, 0.1) is 14.2 Å². The fourth-order valence-corrected chi connectivity index (χ4v) is 2.38. The number of methoxy groups -OCH3 is 2. The lowest BCUT2D eigenvalue weighted by Gasteiger charge is -2.13. The van der Waals surface area contributed by atoms with Crippen LogP contribution in [-0.4, -0.2) is 37.9 Å². The molecule has 0 aliphatic heterocycles. The lowest BCUT2D eigenvalue weighted by Crippen LogP contribution is -2.09. The van der Waals surface area contributed by atoms with E-state index in [2.05, 4.69) is 11.3 Å². The van der Waals surface area contributed by atoms with Crippen molar-refractivity contribution in [3.8, 4) is 11.5 Å². The van der Waals surface area contributed by atoms with Gasteiger partial charge in [0.15, 0.2) is 0 Å². The van der Waals surface area contributed by atoms with E-state index in [-0.39, 0.29) is 17.9 Å². The van der Waals surface area contributed by atoms with Crippen LogP contribution in [0.1, 0.15) is 26.3 Å². The number of phenolic OH excluding ortho intramolecular Hbond substituents is 1. The van der Waals surface area contributed by atoms with Gasteiger partial charge in [-0.3, -0.25) is 0 Å². The highest BCUT2D eigenvalue weighted by molar-refractivity contribution is 5.93. The van der Waals surface area contributed by atoms with E-state index in [1.165, 1.54) is 20.3 Å². The van der Waals surface area contributed by atoms with E-state index < -0.39 is 11.9 Å². The predicted molar refractivity (Wildman–Crippen MR) is 95.6 cm³/mol. The first-order chi connectivity index (χ1) is 12.5. The molecule has 2 aromatic rings. The van der Waals surface area contributed by atoms with Crippen LogP contribution >= 0.6 is 0 Å². The highest BCUT2D eigenvalue weighted by Crippen LogP contribution is 2.26. The SMILES string of the molecule is C=C(COc1ccccc1C(=O)OC)Cc1cccc(C(=O)OC)c1O. The first-order valence-corrected chi connectivity index (χ1v) is 7.83. The molecule has 2 rings (SSSR count). The molecule has 136 valence electrons. The molecule has 0 amide bonds. The minimum absolute atomic E-state index is 0.0924. The normalized spacial score (nSPS) is 10.1. The lowest BCUT2D eigenvalue weighted by molar-refractivity contribution is 0.0587. The number of para-hydroxylation sites is 2. The minimum Gasteiger partial charge on any atom is -0.507 e. The van der Waals surface area contributed by atoms with Crippen molar-refractivity contribution >= 4 is 11.9 Å². The quantitative estimate of drug-likeness (QED) is 0.606. The first kappa shape index (κ1) is 19.1. The number of phenols is 1. The summed E-state index contributed by atoms with van der Waals surface area (Å²) >= 11 is 0. The summed E-state index contributed by atoms with van der Waals surface area (Å²) in [6.07, 6.45) is 0.303.